The third kappa shape index (κ3) is 5.66. The Morgan fingerprint density at radius 3 is 1.51 bits per heavy atom. The maximum absolute atomic E-state index is 12.7. The van der Waals surface area contributed by atoms with Crippen LogP contribution in [0, 0.1) is 30.3 Å². The lowest BCUT2D eigenvalue weighted by molar-refractivity contribution is -0.385. The fraction of sp³-hybridized carbons (Fsp3) is 0. The van der Waals surface area contributed by atoms with E-state index in [-0.39, 0.29) is 21.3 Å². The zero-order valence-electron chi connectivity index (χ0n) is 17.1. The number of nitrogens with zero attached hydrogens (tertiary/aromatic N) is 3. The third-order valence-corrected chi connectivity index (χ3v) is 4.97. The lowest BCUT2D eigenvalue weighted by Gasteiger charge is -2.10. The van der Waals surface area contributed by atoms with Crippen LogP contribution >= 0.6 is 23.2 Å². The Hall–Kier alpha value is -4.62. The summed E-state index contributed by atoms with van der Waals surface area (Å²) in [4.78, 5) is 56.8. The highest BCUT2D eigenvalue weighted by molar-refractivity contribution is 6.31. The van der Waals surface area contributed by atoms with Gasteiger partial charge in [0.15, 0.2) is 0 Å². The Kier molecular flexibility index (Phi) is 7.22. The van der Waals surface area contributed by atoms with Crippen molar-refractivity contribution in [2.75, 3.05) is 10.6 Å². The molecular formula is C20H11Cl2N5O8. The van der Waals surface area contributed by atoms with Gasteiger partial charge in [0.2, 0.25) is 0 Å². The molecule has 0 aliphatic carbocycles. The second-order valence-electron chi connectivity index (χ2n) is 6.73. The number of nitrogens with one attached hydrogen (secondary N) is 2. The third-order valence-electron chi connectivity index (χ3n) is 4.50. The number of rotatable bonds is 7. The second-order valence-corrected chi connectivity index (χ2v) is 7.61. The first-order chi connectivity index (χ1) is 16.5. The van der Waals surface area contributed by atoms with E-state index in [1.807, 2.05) is 0 Å². The summed E-state index contributed by atoms with van der Waals surface area (Å²) in [5, 5.41) is 38.5. The molecule has 3 aromatic rings. The first-order valence-corrected chi connectivity index (χ1v) is 10.0. The van der Waals surface area contributed by atoms with Crippen LogP contribution in [-0.4, -0.2) is 26.6 Å². The fourth-order valence-corrected chi connectivity index (χ4v) is 3.30. The molecule has 0 atom stereocenters. The number of halogens is 2. The first kappa shape index (κ1) is 25.0. The van der Waals surface area contributed by atoms with Gasteiger partial charge in [-0.3, -0.25) is 39.9 Å². The van der Waals surface area contributed by atoms with Crippen molar-refractivity contribution in [1.29, 1.82) is 0 Å². The van der Waals surface area contributed by atoms with E-state index in [9.17, 15) is 39.9 Å². The lowest BCUT2D eigenvalue weighted by Crippen LogP contribution is -2.17. The predicted octanol–water partition coefficient (Wildman–Crippen LogP) is 5.22. The molecule has 2 N–H and O–H groups in total. The van der Waals surface area contributed by atoms with Crippen LogP contribution in [0.4, 0.5) is 28.4 Å². The summed E-state index contributed by atoms with van der Waals surface area (Å²) in [6, 6.07) is 9.66. The monoisotopic (exact) mass is 519 g/mol. The molecule has 0 radical (unpaired) electrons. The van der Waals surface area contributed by atoms with E-state index in [0.717, 1.165) is 42.5 Å². The van der Waals surface area contributed by atoms with Crippen molar-refractivity contribution in [2.45, 2.75) is 0 Å². The Labute approximate surface area is 204 Å². The average Bonchev–Trinajstić information content (AvgIpc) is 2.78. The maximum Gasteiger partial charge on any atom is 0.292 e. The SMILES string of the molecule is O=C(Nc1ccc([N+](=O)[O-])c(NC(=O)c2cc(Cl)ccc2[N+](=O)[O-])c1)c1cc(Cl)ccc1[N+](=O)[O-]. The van der Waals surface area contributed by atoms with Crippen LogP contribution in [0.2, 0.25) is 10.0 Å². The Morgan fingerprint density at radius 2 is 1.06 bits per heavy atom. The quantitative estimate of drug-likeness (QED) is 0.313. The van der Waals surface area contributed by atoms with Gasteiger partial charge in [0.05, 0.1) is 14.8 Å². The predicted molar refractivity (Wildman–Crippen MR) is 125 cm³/mol. The van der Waals surface area contributed by atoms with Crippen LogP contribution in [-0.2, 0) is 0 Å². The summed E-state index contributed by atoms with van der Waals surface area (Å²) >= 11 is 11.7. The summed E-state index contributed by atoms with van der Waals surface area (Å²) in [6.07, 6.45) is 0. The fourth-order valence-electron chi connectivity index (χ4n) is 2.96. The van der Waals surface area contributed by atoms with E-state index >= 15 is 0 Å². The molecule has 15 heteroatoms. The Balaban J connectivity index is 1.97. The highest BCUT2D eigenvalue weighted by Gasteiger charge is 2.25. The molecule has 0 aromatic heterocycles. The number of hydrogen-bond donors (Lipinski definition) is 2. The zero-order chi connectivity index (χ0) is 25.9. The molecule has 0 saturated carbocycles. The van der Waals surface area contributed by atoms with Gasteiger partial charge in [-0.15, -0.1) is 0 Å². The van der Waals surface area contributed by atoms with Crippen molar-refractivity contribution >= 4 is 63.5 Å². The molecule has 0 fully saturated rings. The summed E-state index contributed by atoms with van der Waals surface area (Å²) < 4.78 is 0. The minimum absolute atomic E-state index is 0.0133. The minimum atomic E-state index is -1.07. The molecule has 35 heavy (non-hydrogen) atoms. The van der Waals surface area contributed by atoms with Crippen LogP contribution in [0.25, 0.3) is 0 Å². The highest BCUT2D eigenvalue weighted by atomic mass is 35.5. The second kappa shape index (κ2) is 10.1. The summed E-state index contributed by atoms with van der Waals surface area (Å²) in [7, 11) is 0. The van der Waals surface area contributed by atoms with Crippen molar-refractivity contribution in [2.24, 2.45) is 0 Å². The molecule has 3 aromatic carbocycles. The van der Waals surface area contributed by atoms with Crippen LogP contribution in [0.1, 0.15) is 20.7 Å². The normalized spacial score (nSPS) is 10.3. The van der Waals surface area contributed by atoms with Gasteiger partial charge in [-0.25, -0.2) is 0 Å². The van der Waals surface area contributed by atoms with Gasteiger partial charge in [-0.1, -0.05) is 23.2 Å². The van der Waals surface area contributed by atoms with Crippen molar-refractivity contribution < 1.29 is 24.4 Å². The minimum Gasteiger partial charge on any atom is -0.322 e. The van der Waals surface area contributed by atoms with Gasteiger partial charge in [0, 0.05) is 33.9 Å². The summed E-state index contributed by atoms with van der Waals surface area (Å²) in [6.45, 7) is 0. The zero-order valence-corrected chi connectivity index (χ0v) is 18.6. The van der Waals surface area contributed by atoms with Crippen molar-refractivity contribution in [3.63, 3.8) is 0 Å². The van der Waals surface area contributed by atoms with Gasteiger partial charge in [-0.2, -0.15) is 0 Å². The molecule has 0 unspecified atom stereocenters. The summed E-state index contributed by atoms with van der Waals surface area (Å²) in [5.74, 6) is -2.02. The number of benzene rings is 3. The van der Waals surface area contributed by atoms with E-state index in [2.05, 4.69) is 10.6 Å². The van der Waals surface area contributed by atoms with E-state index in [0.29, 0.717) is 0 Å². The van der Waals surface area contributed by atoms with Crippen molar-refractivity contribution in [1.82, 2.24) is 0 Å². The lowest BCUT2D eigenvalue weighted by atomic mass is 10.1. The largest absolute Gasteiger partial charge is 0.322 e. The first-order valence-electron chi connectivity index (χ1n) is 9.27. The molecule has 3 rings (SSSR count). The molecule has 2 amide bonds. The Bertz CT molecular complexity index is 1410. The molecular weight excluding hydrogens is 509 g/mol. The van der Waals surface area contributed by atoms with Crippen molar-refractivity contribution in [3.05, 3.63) is 106 Å². The Morgan fingerprint density at radius 1 is 0.629 bits per heavy atom. The van der Waals surface area contributed by atoms with Gasteiger partial charge in [-0.05, 0) is 36.4 Å². The number of hydrogen-bond acceptors (Lipinski definition) is 8. The van der Waals surface area contributed by atoms with Crippen LogP contribution < -0.4 is 10.6 Å². The van der Waals surface area contributed by atoms with Gasteiger partial charge < -0.3 is 10.6 Å². The smallest absolute Gasteiger partial charge is 0.292 e. The number of nitro benzene ring substituents is 3. The maximum atomic E-state index is 12.7. The van der Waals surface area contributed by atoms with Crippen LogP contribution in [0.15, 0.2) is 54.6 Å². The molecule has 13 nitrogen and oxygen atoms in total. The number of carbonyl (C=O) groups excluding carboxylic acids is 2. The number of carbonyl (C=O) groups is 2. The summed E-state index contributed by atoms with van der Waals surface area (Å²) in [5.41, 5.74) is -3.03. The number of amides is 2. The molecule has 0 saturated heterocycles. The van der Waals surface area contributed by atoms with E-state index in [4.69, 9.17) is 23.2 Å². The highest BCUT2D eigenvalue weighted by Crippen LogP contribution is 2.31. The van der Waals surface area contributed by atoms with Crippen LogP contribution in [0.3, 0.4) is 0 Å². The van der Waals surface area contributed by atoms with E-state index in [1.54, 1.807) is 0 Å². The molecule has 0 bridgehead atoms. The standard InChI is InChI=1S/C20H11Cl2N5O8/c21-10-1-4-16(25(30)31)13(7-10)19(28)23-12-3-6-18(27(34)35)15(9-12)24-20(29)14-8-11(22)2-5-17(14)26(32)33/h1-9H,(H,23,28)(H,24,29). The van der Waals surface area contributed by atoms with Gasteiger partial charge in [0.25, 0.3) is 28.9 Å². The van der Waals surface area contributed by atoms with Crippen LogP contribution in [0.5, 0.6) is 0 Å². The molecule has 178 valence electrons. The van der Waals surface area contributed by atoms with E-state index < -0.39 is 54.9 Å². The van der Waals surface area contributed by atoms with Crippen molar-refractivity contribution in [3.8, 4) is 0 Å². The molecule has 0 aliphatic heterocycles. The van der Waals surface area contributed by atoms with E-state index in [1.165, 1.54) is 12.1 Å². The number of anilines is 2. The molecule has 0 heterocycles. The molecule has 0 aliphatic rings. The average molecular weight is 520 g/mol. The van der Waals surface area contributed by atoms with Gasteiger partial charge in [0.1, 0.15) is 16.8 Å². The van der Waals surface area contributed by atoms with Gasteiger partial charge >= 0.3 is 0 Å². The topological polar surface area (TPSA) is 188 Å². The molecule has 0 spiro atoms. The number of nitro groups is 3.